The van der Waals surface area contributed by atoms with Crippen molar-refractivity contribution in [3.05, 3.63) is 53.1 Å². The lowest BCUT2D eigenvalue weighted by molar-refractivity contribution is 0.0861. The van der Waals surface area contributed by atoms with Gasteiger partial charge < -0.3 is 24.4 Å². The summed E-state index contributed by atoms with van der Waals surface area (Å²) in [7, 11) is 0. The van der Waals surface area contributed by atoms with Crippen LogP contribution in [-0.4, -0.2) is 40.6 Å². The Balaban J connectivity index is 1.61. The summed E-state index contributed by atoms with van der Waals surface area (Å²) in [5.74, 6) is 1.23. The van der Waals surface area contributed by atoms with E-state index in [4.69, 9.17) is 19.1 Å². The van der Waals surface area contributed by atoms with Crippen molar-refractivity contribution in [3.8, 4) is 34.7 Å². The summed E-state index contributed by atoms with van der Waals surface area (Å²) in [6.07, 6.45) is 1.36. The van der Waals surface area contributed by atoms with E-state index in [0.717, 1.165) is 29.5 Å². The van der Waals surface area contributed by atoms with Crippen molar-refractivity contribution in [3.63, 3.8) is 0 Å². The molecule has 176 valence electrons. The summed E-state index contributed by atoms with van der Waals surface area (Å²) in [6, 6.07) is 13.1. The van der Waals surface area contributed by atoms with Gasteiger partial charge >= 0.3 is 6.09 Å². The van der Waals surface area contributed by atoms with E-state index in [0.29, 0.717) is 35.0 Å². The predicted molar refractivity (Wildman–Crippen MR) is 123 cm³/mol. The summed E-state index contributed by atoms with van der Waals surface area (Å²) in [5, 5.41) is 25.1. The number of aliphatic hydroxyl groups excluding tert-OH is 1. The number of nitrogens with zero attached hydrogens (tertiary/aromatic N) is 3. The summed E-state index contributed by atoms with van der Waals surface area (Å²) < 4.78 is 16.8. The van der Waals surface area contributed by atoms with Crippen LogP contribution < -0.4 is 10.1 Å². The number of carbonyl (C=O) groups excluding carboxylic acids is 1. The first-order valence-corrected chi connectivity index (χ1v) is 11.2. The molecule has 0 radical (unpaired) electrons. The number of fused-ring (bicyclic) bond motifs is 1. The van der Waals surface area contributed by atoms with Crippen LogP contribution in [0.15, 0.2) is 40.9 Å². The molecule has 1 heterocycles. The van der Waals surface area contributed by atoms with Gasteiger partial charge in [-0.3, -0.25) is 0 Å². The van der Waals surface area contributed by atoms with Gasteiger partial charge in [0, 0.05) is 17.7 Å². The fourth-order valence-electron chi connectivity index (χ4n) is 4.02. The smallest absolute Gasteiger partial charge is 0.407 e. The van der Waals surface area contributed by atoms with Gasteiger partial charge in [-0.25, -0.2) is 4.79 Å². The van der Waals surface area contributed by atoms with Crippen molar-refractivity contribution >= 4 is 6.09 Å². The zero-order valence-electron chi connectivity index (χ0n) is 19.1. The highest BCUT2D eigenvalue weighted by Gasteiger charge is 2.27. The zero-order valence-corrected chi connectivity index (χ0v) is 19.1. The molecule has 1 aliphatic rings. The molecule has 0 bridgehead atoms. The van der Waals surface area contributed by atoms with Crippen LogP contribution in [0.5, 0.6) is 5.75 Å². The largest absolute Gasteiger partial charge is 0.490 e. The predicted octanol–water partition coefficient (Wildman–Crippen LogP) is 4.16. The maximum Gasteiger partial charge on any atom is 0.407 e. The molecule has 0 saturated heterocycles. The number of nitriles is 1. The molecule has 4 rings (SSSR count). The highest BCUT2D eigenvalue weighted by molar-refractivity contribution is 5.69. The van der Waals surface area contributed by atoms with E-state index >= 15 is 0 Å². The van der Waals surface area contributed by atoms with Gasteiger partial charge in [0.2, 0.25) is 5.82 Å². The summed E-state index contributed by atoms with van der Waals surface area (Å²) in [4.78, 5) is 16.6. The molecule has 1 aromatic heterocycles. The van der Waals surface area contributed by atoms with E-state index in [1.165, 1.54) is 0 Å². The average molecular weight is 463 g/mol. The number of rotatable bonds is 7. The lowest BCUT2D eigenvalue weighted by Gasteiger charge is -2.26. The van der Waals surface area contributed by atoms with Crippen LogP contribution in [0.2, 0.25) is 0 Å². The highest BCUT2D eigenvalue weighted by Crippen LogP contribution is 2.38. The number of carbonyl (C=O) groups is 1. The number of hydrogen-bond donors (Lipinski definition) is 2. The number of aliphatic hydroxyl groups is 1. The average Bonchev–Trinajstić information content (AvgIpc) is 3.32. The summed E-state index contributed by atoms with van der Waals surface area (Å²) >= 11 is 0. The van der Waals surface area contributed by atoms with Gasteiger partial charge in [0.1, 0.15) is 17.9 Å². The standard InChI is InChI=1S/C25H26N4O5/c1-15(2)32-21-10-9-16(13-17(21)14-26)24-28-23(29-34-24)20-7-3-6-19-18(20)5-4-8-22(19)33-25(31)27-11-12-30/h3,6-7,9-10,13,15,22,30H,4-5,8,11-12H2,1-2H3,(H,27,31). The summed E-state index contributed by atoms with van der Waals surface area (Å²) in [6.45, 7) is 3.79. The molecule has 3 aromatic rings. The topological polar surface area (TPSA) is 130 Å². The van der Waals surface area contributed by atoms with E-state index < -0.39 is 6.09 Å². The van der Waals surface area contributed by atoms with Crippen molar-refractivity contribution in [2.24, 2.45) is 0 Å². The van der Waals surface area contributed by atoms with Gasteiger partial charge in [-0.2, -0.15) is 10.2 Å². The molecule has 2 N–H and O–H groups in total. The van der Waals surface area contributed by atoms with Crippen LogP contribution in [0.4, 0.5) is 4.79 Å². The first kappa shape index (κ1) is 23.3. The fraction of sp³-hybridized carbons (Fsp3) is 0.360. The molecule has 2 aromatic carbocycles. The van der Waals surface area contributed by atoms with Crippen LogP contribution in [0.3, 0.4) is 0 Å². The first-order chi connectivity index (χ1) is 16.5. The number of hydrogen-bond acceptors (Lipinski definition) is 8. The minimum absolute atomic E-state index is 0.0502. The fourth-order valence-corrected chi connectivity index (χ4v) is 4.02. The first-order valence-electron chi connectivity index (χ1n) is 11.2. The number of alkyl carbamates (subject to hydrolysis) is 1. The van der Waals surface area contributed by atoms with Crippen molar-refractivity contribution in [2.45, 2.75) is 45.3 Å². The van der Waals surface area contributed by atoms with Gasteiger partial charge in [-0.1, -0.05) is 23.4 Å². The molecular formula is C25H26N4O5. The molecule has 9 heteroatoms. The van der Waals surface area contributed by atoms with Crippen molar-refractivity contribution in [1.29, 1.82) is 5.26 Å². The van der Waals surface area contributed by atoms with E-state index in [1.807, 2.05) is 32.0 Å². The molecular weight excluding hydrogens is 436 g/mol. The number of ether oxygens (including phenoxy) is 2. The van der Waals surface area contributed by atoms with Crippen LogP contribution in [0.1, 0.15) is 49.5 Å². The molecule has 0 spiro atoms. The Morgan fingerprint density at radius 1 is 1.35 bits per heavy atom. The van der Waals surface area contributed by atoms with Crippen LogP contribution in [-0.2, 0) is 11.2 Å². The zero-order chi connectivity index (χ0) is 24.1. The van der Waals surface area contributed by atoms with E-state index in [2.05, 4.69) is 21.5 Å². The molecule has 1 amide bonds. The Labute approximate surface area is 197 Å². The molecule has 1 atom stereocenters. The molecule has 0 saturated carbocycles. The maximum atomic E-state index is 12.0. The van der Waals surface area contributed by atoms with Gasteiger partial charge in [0.05, 0.1) is 18.3 Å². The van der Waals surface area contributed by atoms with Crippen LogP contribution in [0, 0.1) is 11.3 Å². The van der Waals surface area contributed by atoms with Crippen LogP contribution in [0.25, 0.3) is 22.8 Å². The minimum atomic E-state index is -0.558. The highest BCUT2D eigenvalue weighted by atomic mass is 16.6. The molecule has 0 aliphatic heterocycles. The third-order valence-electron chi connectivity index (χ3n) is 5.46. The molecule has 34 heavy (non-hydrogen) atoms. The second kappa shape index (κ2) is 10.4. The van der Waals surface area contributed by atoms with Gasteiger partial charge in [-0.05, 0) is 62.4 Å². The quantitative estimate of drug-likeness (QED) is 0.535. The number of amides is 1. The Morgan fingerprint density at radius 2 is 2.21 bits per heavy atom. The molecule has 1 unspecified atom stereocenters. The normalized spacial score (nSPS) is 14.9. The second-order valence-corrected chi connectivity index (χ2v) is 8.22. The van der Waals surface area contributed by atoms with Crippen LogP contribution >= 0.6 is 0 Å². The van der Waals surface area contributed by atoms with Crippen molar-refractivity contribution in [1.82, 2.24) is 15.5 Å². The summed E-state index contributed by atoms with van der Waals surface area (Å²) in [5.41, 5.74) is 3.76. The van der Waals surface area contributed by atoms with E-state index in [9.17, 15) is 10.1 Å². The molecule has 0 fully saturated rings. The lowest BCUT2D eigenvalue weighted by atomic mass is 9.86. The Hall–Kier alpha value is -3.90. The third kappa shape index (κ3) is 5.02. The minimum Gasteiger partial charge on any atom is -0.490 e. The number of aromatic nitrogens is 2. The SMILES string of the molecule is CC(C)Oc1ccc(-c2nc(-c3cccc4c3CCCC4OC(=O)NCCO)no2)cc1C#N. The third-order valence-corrected chi connectivity index (χ3v) is 5.46. The van der Waals surface area contributed by atoms with Gasteiger partial charge in [0.25, 0.3) is 5.89 Å². The Morgan fingerprint density at radius 3 is 2.97 bits per heavy atom. The second-order valence-electron chi connectivity index (χ2n) is 8.22. The molecule has 9 nitrogen and oxygen atoms in total. The van der Waals surface area contributed by atoms with Gasteiger partial charge in [-0.15, -0.1) is 0 Å². The lowest BCUT2D eigenvalue weighted by Crippen LogP contribution is -2.29. The number of benzene rings is 2. The monoisotopic (exact) mass is 462 g/mol. The number of nitrogens with one attached hydrogen (secondary N) is 1. The molecule has 1 aliphatic carbocycles. The maximum absolute atomic E-state index is 12.0. The van der Waals surface area contributed by atoms with E-state index in [1.54, 1.807) is 18.2 Å². The Kier molecular flexibility index (Phi) is 7.09. The van der Waals surface area contributed by atoms with Gasteiger partial charge in [0.15, 0.2) is 0 Å². The Bertz CT molecular complexity index is 1210. The van der Waals surface area contributed by atoms with Crippen molar-refractivity contribution in [2.75, 3.05) is 13.2 Å². The van der Waals surface area contributed by atoms with E-state index in [-0.39, 0.29) is 25.4 Å². The van der Waals surface area contributed by atoms with Crippen molar-refractivity contribution < 1.29 is 23.9 Å².